The Morgan fingerprint density at radius 3 is 2.29 bits per heavy atom. The maximum absolute atomic E-state index is 16.5. The number of nitrogens with two attached hydrogens (primary N) is 1. The SMILES string of the molecule is Nc1ncnc2c1ncn2[C@@H]1O[C@@H]2COP(=O)(O)O[C@H]3[C@@H](F)[C@H](n4ccc(=O)[nH]c4=O)O[C@@H]3COP(=O)(SCc3ccc(C(=O)c4ccc(O)cc4)cc3)O[C@@H]1[C@@H]2F. The van der Waals surface area contributed by atoms with E-state index < -0.39 is 88.3 Å². The molecule has 3 aliphatic heterocycles. The number of hydrogen-bond acceptors (Lipinski definition) is 17. The van der Waals surface area contributed by atoms with Crippen LogP contribution in [0.3, 0.4) is 0 Å². The number of fused-ring (bicyclic) bond motifs is 4. The molecule has 58 heavy (non-hydrogen) atoms. The van der Waals surface area contributed by atoms with Gasteiger partial charge < -0.3 is 25.2 Å². The van der Waals surface area contributed by atoms with Gasteiger partial charge in [0.2, 0.25) is 0 Å². The van der Waals surface area contributed by atoms with E-state index in [4.69, 9.17) is 33.3 Å². The molecular weight excluding hydrogens is 834 g/mol. The second-order valence-corrected chi connectivity index (χ2v) is 18.5. The highest BCUT2D eigenvalue weighted by Gasteiger charge is 2.55. The normalized spacial score (nSPS) is 31.6. The number of alkyl halides is 2. The molecule has 3 fully saturated rings. The number of nitrogens with zero attached hydrogens (tertiary/aromatic N) is 5. The summed E-state index contributed by atoms with van der Waals surface area (Å²) < 4.78 is 96.4. The van der Waals surface area contributed by atoms with Crippen LogP contribution < -0.4 is 17.0 Å². The van der Waals surface area contributed by atoms with Crippen molar-refractivity contribution in [1.29, 1.82) is 0 Å². The van der Waals surface area contributed by atoms with Crippen LogP contribution in [0.5, 0.6) is 5.75 Å². The number of aromatic hydroxyl groups is 1. The lowest BCUT2D eigenvalue weighted by Gasteiger charge is -2.27. The van der Waals surface area contributed by atoms with Gasteiger partial charge in [-0.05, 0) is 41.2 Å². The third kappa shape index (κ3) is 8.02. The van der Waals surface area contributed by atoms with Crippen molar-refractivity contribution in [3.63, 3.8) is 0 Å². The molecule has 10 atom stereocenters. The maximum atomic E-state index is 16.5. The number of carbonyl (C=O) groups excluding carboxylic acids is 1. The fourth-order valence-electron chi connectivity index (χ4n) is 6.48. The van der Waals surface area contributed by atoms with Crippen LogP contribution in [-0.2, 0) is 42.5 Å². The van der Waals surface area contributed by atoms with Gasteiger partial charge in [0, 0.05) is 29.1 Å². The van der Waals surface area contributed by atoms with Gasteiger partial charge >= 0.3 is 20.3 Å². The summed E-state index contributed by atoms with van der Waals surface area (Å²) in [5, 5.41) is 9.57. The number of imidazole rings is 1. The molecule has 25 heteroatoms. The molecule has 3 aromatic heterocycles. The topological polar surface area (TPSA) is 272 Å². The van der Waals surface area contributed by atoms with Gasteiger partial charge in [0.15, 0.2) is 42.0 Å². The molecule has 8 rings (SSSR count). The number of nitrogens with one attached hydrogen (secondary N) is 1. The minimum atomic E-state index is -5.27. The molecule has 0 amide bonds. The Hall–Kier alpha value is -4.67. The quantitative estimate of drug-likeness (QED) is 0.135. The summed E-state index contributed by atoms with van der Waals surface area (Å²) in [6, 6.07) is 12.8. The highest BCUT2D eigenvalue weighted by atomic mass is 32.7. The maximum Gasteiger partial charge on any atom is 0.472 e. The fourth-order valence-corrected chi connectivity index (χ4v) is 10.8. The van der Waals surface area contributed by atoms with Crippen molar-refractivity contribution in [3.8, 4) is 5.75 Å². The lowest BCUT2D eigenvalue weighted by Crippen LogP contribution is -2.36. The van der Waals surface area contributed by atoms with Crippen LogP contribution in [0.25, 0.3) is 11.2 Å². The number of phosphoric acid groups is 1. The van der Waals surface area contributed by atoms with Gasteiger partial charge in [0.05, 0.1) is 19.5 Å². The summed E-state index contributed by atoms with van der Waals surface area (Å²) >= 11 is 0.587. The van der Waals surface area contributed by atoms with E-state index in [-0.39, 0.29) is 34.3 Å². The summed E-state index contributed by atoms with van der Waals surface area (Å²) in [5.41, 5.74) is 5.41. The largest absolute Gasteiger partial charge is 0.508 e. The molecule has 20 nitrogen and oxygen atoms in total. The molecule has 0 saturated carbocycles. The van der Waals surface area contributed by atoms with Crippen LogP contribution >= 0.6 is 26.0 Å². The van der Waals surface area contributed by atoms with Gasteiger partial charge in [-0.2, -0.15) is 0 Å². The average molecular weight is 866 g/mol. The number of aromatic nitrogens is 6. The molecule has 0 aliphatic carbocycles. The summed E-state index contributed by atoms with van der Waals surface area (Å²) in [6.07, 6.45) is -11.8. The second-order valence-electron chi connectivity index (χ2n) is 13.1. The van der Waals surface area contributed by atoms with Gasteiger partial charge in [-0.15, -0.1) is 0 Å². The number of nitrogen functional groups attached to an aromatic ring is 1. The number of ketones is 1. The van der Waals surface area contributed by atoms with Gasteiger partial charge in [0.25, 0.3) is 5.56 Å². The minimum absolute atomic E-state index is 0.00881. The number of ether oxygens (including phenoxy) is 2. The van der Waals surface area contributed by atoms with Gasteiger partial charge in [-0.3, -0.25) is 41.8 Å². The van der Waals surface area contributed by atoms with Crippen LogP contribution in [0.4, 0.5) is 14.6 Å². The van der Waals surface area contributed by atoms with E-state index >= 15 is 8.78 Å². The summed E-state index contributed by atoms with van der Waals surface area (Å²) in [4.78, 5) is 62.1. The molecule has 6 heterocycles. The van der Waals surface area contributed by atoms with E-state index in [1.54, 1.807) is 12.1 Å². The van der Waals surface area contributed by atoms with E-state index in [1.807, 2.05) is 4.98 Å². The molecule has 2 aromatic carbocycles. The number of rotatable bonds is 7. The van der Waals surface area contributed by atoms with Crippen LogP contribution in [0.15, 0.2) is 83.0 Å². The molecule has 2 bridgehead atoms. The number of H-pyrrole nitrogens is 1. The Morgan fingerprint density at radius 2 is 1.57 bits per heavy atom. The first-order valence-corrected chi connectivity index (χ1v) is 21.8. The molecule has 5 aromatic rings. The van der Waals surface area contributed by atoms with Crippen molar-refractivity contribution < 1.29 is 60.3 Å². The second kappa shape index (κ2) is 15.8. The van der Waals surface area contributed by atoms with Crippen molar-refractivity contribution in [1.82, 2.24) is 29.1 Å². The molecule has 306 valence electrons. The smallest absolute Gasteiger partial charge is 0.472 e. The predicted octanol–water partition coefficient (Wildman–Crippen LogP) is 3.33. The first-order valence-electron chi connectivity index (χ1n) is 17.2. The number of phenols is 1. The molecule has 3 aliphatic rings. The molecule has 2 unspecified atom stereocenters. The van der Waals surface area contributed by atoms with Crippen LogP contribution in [0.2, 0.25) is 0 Å². The van der Waals surface area contributed by atoms with Crippen molar-refractivity contribution in [2.45, 2.75) is 55.0 Å². The zero-order valence-corrected chi connectivity index (χ0v) is 32.0. The number of benzene rings is 2. The standard InChI is InChI=1S/C33H31F2N7O13P2S/c34-23-20-11-50-56(47,48)54-27-21(53-31(24(27)35)41-10-9-22(44)40-33(41)46)12-51-57(49,55-28(23)32(52-20)42-15-39-25-29(36)37-14-38-30(25)42)58-13-16-1-3-17(4-2-16)26(45)18-5-7-19(43)8-6-18/h1-10,14-15,20-21,23-24,27-28,31-32,43H,11-13H2,(H,47,48)(H2,36,37,38)(H,40,44,46)/t20-,21-,23-,24-,27-,28-,31-,32-,57?/m1/s1. The van der Waals surface area contributed by atoms with Crippen LogP contribution in [0.1, 0.15) is 33.9 Å². The molecule has 5 N–H and O–H groups in total. The highest BCUT2D eigenvalue weighted by molar-refractivity contribution is 8.54. The number of anilines is 1. The van der Waals surface area contributed by atoms with Crippen molar-refractivity contribution in [2.24, 2.45) is 0 Å². The first-order chi connectivity index (χ1) is 27.7. The van der Waals surface area contributed by atoms with E-state index in [1.165, 1.54) is 47.3 Å². The lowest BCUT2D eigenvalue weighted by molar-refractivity contribution is -0.0620. The lowest BCUT2D eigenvalue weighted by atomic mass is 10.0. The van der Waals surface area contributed by atoms with E-state index in [2.05, 4.69) is 15.0 Å². The monoisotopic (exact) mass is 865 g/mol. The fraction of sp³-hybridized carbons (Fsp3) is 0.333. The minimum Gasteiger partial charge on any atom is -0.508 e. The predicted molar refractivity (Wildman–Crippen MR) is 197 cm³/mol. The zero-order valence-electron chi connectivity index (χ0n) is 29.4. The Balaban J connectivity index is 1.12. The van der Waals surface area contributed by atoms with Gasteiger partial charge in [-0.25, -0.2) is 37.7 Å². The summed E-state index contributed by atoms with van der Waals surface area (Å²) in [7, 11) is -5.27. The third-order valence-corrected chi connectivity index (χ3v) is 14.0. The van der Waals surface area contributed by atoms with E-state index in [0.717, 1.165) is 18.6 Å². The number of phenolic OH excluding ortho intramolecular Hbond substituents is 1. The van der Waals surface area contributed by atoms with Crippen LogP contribution in [0, 0.1) is 0 Å². The number of hydrogen-bond donors (Lipinski definition) is 4. The van der Waals surface area contributed by atoms with Crippen molar-refractivity contribution >= 4 is 48.8 Å². The summed E-state index contributed by atoms with van der Waals surface area (Å²) in [5.74, 6) is -0.479. The first kappa shape index (κ1) is 40.1. The number of phosphoric ester groups is 1. The molecular formula is C33H31F2N7O13P2S. The number of aromatic amines is 1. The Labute approximate surface area is 328 Å². The van der Waals surface area contributed by atoms with Gasteiger partial charge in [0.1, 0.15) is 42.0 Å². The Morgan fingerprint density at radius 1 is 0.879 bits per heavy atom. The average Bonchev–Trinajstić information content (AvgIpc) is 3.86. The van der Waals surface area contributed by atoms with Gasteiger partial charge in [-0.1, -0.05) is 24.3 Å². The highest BCUT2D eigenvalue weighted by Crippen LogP contribution is 2.65. The molecule has 0 spiro atoms. The number of halogens is 2. The molecule has 0 radical (unpaired) electrons. The van der Waals surface area contributed by atoms with Crippen molar-refractivity contribution in [3.05, 3.63) is 111 Å². The molecule has 3 saturated heterocycles. The van der Waals surface area contributed by atoms with E-state index in [0.29, 0.717) is 32.6 Å². The summed E-state index contributed by atoms with van der Waals surface area (Å²) in [6.45, 7) is -6.49. The Kier molecular flexibility index (Phi) is 11.0. The zero-order chi connectivity index (χ0) is 40.9. The Bertz CT molecular complexity index is 2570. The third-order valence-electron chi connectivity index (χ3n) is 9.36. The van der Waals surface area contributed by atoms with Crippen LogP contribution in [-0.4, -0.2) is 94.8 Å². The van der Waals surface area contributed by atoms with E-state index in [9.17, 15) is 33.5 Å². The number of carbonyl (C=O) groups is 1. The van der Waals surface area contributed by atoms with Crippen molar-refractivity contribution in [2.75, 3.05) is 18.9 Å².